The number of amides is 2. The van der Waals surface area contributed by atoms with Crippen LogP contribution in [0.4, 0.5) is 5.69 Å². The van der Waals surface area contributed by atoms with Crippen LogP contribution in [0.5, 0.6) is 0 Å². The molecule has 0 saturated carbocycles. The van der Waals surface area contributed by atoms with Crippen molar-refractivity contribution in [2.75, 3.05) is 24.2 Å². The lowest BCUT2D eigenvalue weighted by Crippen LogP contribution is -2.45. The highest BCUT2D eigenvalue weighted by molar-refractivity contribution is 8.01. The lowest BCUT2D eigenvalue weighted by atomic mass is 10.1. The number of thioether (sulfide) groups is 1. The van der Waals surface area contributed by atoms with E-state index < -0.39 is 0 Å². The standard InChI is InChI=1S/C17H25N3O2S/c1-12-3-5-15(6-4-12)19-16(21)11-23-13(2)17(22)20-9-7-14(18)8-10-20/h3-6,13-14H,7-11,18H2,1-2H3,(H,19,21). The van der Waals surface area contributed by atoms with Crippen LogP contribution in [0.3, 0.4) is 0 Å². The predicted molar refractivity (Wildman–Crippen MR) is 95.5 cm³/mol. The van der Waals surface area contributed by atoms with E-state index in [0.717, 1.165) is 37.2 Å². The molecule has 0 bridgehead atoms. The van der Waals surface area contributed by atoms with Crippen LogP contribution >= 0.6 is 11.8 Å². The van der Waals surface area contributed by atoms with Gasteiger partial charge in [0.15, 0.2) is 0 Å². The van der Waals surface area contributed by atoms with Crippen LogP contribution in [-0.4, -0.2) is 46.8 Å². The number of benzene rings is 1. The van der Waals surface area contributed by atoms with Crippen LogP contribution in [0, 0.1) is 6.92 Å². The highest BCUT2D eigenvalue weighted by atomic mass is 32.2. The summed E-state index contributed by atoms with van der Waals surface area (Å²) in [4.78, 5) is 26.2. The average Bonchev–Trinajstić information content (AvgIpc) is 2.55. The number of carbonyl (C=O) groups excluding carboxylic acids is 2. The van der Waals surface area contributed by atoms with E-state index in [-0.39, 0.29) is 28.9 Å². The lowest BCUT2D eigenvalue weighted by molar-refractivity contribution is -0.131. The van der Waals surface area contributed by atoms with Crippen LogP contribution in [0.15, 0.2) is 24.3 Å². The molecule has 1 atom stereocenters. The number of piperidine rings is 1. The molecular weight excluding hydrogens is 310 g/mol. The molecule has 1 fully saturated rings. The molecule has 0 radical (unpaired) electrons. The molecule has 2 amide bonds. The molecule has 3 N–H and O–H groups in total. The van der Waals surface area contributed by atoms with E-state index in [9.17, 15) is 9.59 Å². The molecule has 126 valence electrons. The van der Waals surface area contributed by atoms with Crippen LogP contribution < -0.4 is 11.1 Å². The number of aryl methyl sites for hydroxylation is 1. The zero-order valence-corrected chi connectivity index (χ0v) is 14.6. The molecule has 0 aliphatic carbocycles. The van der Waals surface area contributed by atoms with Gasteiger partial charge in [-0.15, -0.1) is 11.8 Å². The number of likely N-dealkylation sites (tertiary alicyclic amines) is 1. The van der Waals surface area contributed by atoms with Crippen molar-refractivity contribution in [3.05, 3.63) is 29.8 Å². The number of hydrogen-bond acceptors (Lipinski definition) is 4. The number of carbonyl (C=O) groups is 2. The minimum absolute atomic E-state index is 0.0841. The number of hydrogen-bond donors (Lipinski definition) is 2. The Balaban J connectivity index is 1.74. The fraction of sp³-hybridized carbons (Fsp3) is 0.529. The van der Waals surface area contributed by atoms with Gasteiger partial charge in [-0.3, -0.25) is 9.59 Å². The number of anilines is 1. The van der Waals surface area contributed by atoms with Crippen LogP contribution in [0.1, 0.15) is 25.3 Å². The first kappa shape index (κ1) is 17.8. The molecule has 1 aromatic carbocycles. The van der Waals surface area contributed by atoms with E-state index in [4.69, 9.17) is 5.73 Å². The Morgan fingerprint density at radius 1 is 1.30 bits per heavy atom. The van der Waals surface area contributed by atoms with Gasteiger partial charge >= 0.3 is 0 Å². The fourth-order valence-electron chi connectivity index (χ4n) is 2.48. The fourth-order valence-corrected chi connectivity index (χ4v) is 3.25. The summed E-state index contributed by atoms with van der Waals surface area (Å²) < 4.78 is 0. The molecule has 0 aromatic heterocycles. The molecule has 2 rings (SSSR count). The van der Waals surface area contributed by atoms with Crippen LogP contribution in [0.2, 0.25) is 0 Å². The summed E-state index contributed by atoms with van der Waals surface area (Å²) in [5, 5.41) is 2.63. The molecule has 1 heterocycles. The second-order valence-electron chi connectivity index (χ2n) is 6.03. The van der Waals surface area contributed by atoms with Crippen molar-refractivity contribution in [1.29, 1.82) is 0 Å². The molecule has 1 aliphatic rings. The maximum atomic E-state index is 12.3. The van der Waals surface area contributed by atoms with Gasteiger partial charge in [0.05, 0.1) is 11.0 Å². The van der Waals surface area contributed by atoms with Gasteiger partial charge in [-0.05, 0) is 38.8 Å². The summed E-state index contributed by atoms with van der Waals surface area (Å²) in [6.45, 7) is 5.31. The minimum Gasteiger partial charge on any atom is -0.342 e. The van der Waals surface area contributed by atoms with Gasteiger partial charge in [-0.25, -0.2) is 0 Å². The van der Waals surface area contributed by atoms with Crippen LogP contribution in [-0.2, 0) is 9.59 Å². The van der Waals surface area contributed by atoms with Crippen molar-refractivity contribution >= 4 is 29.3 Å². The van der Waals surface area contributed by atoms with Gasteiger partial charge in [-0.1, -0.05) is 17.7 Å². The van der Waals surface area contributed by atoms with Crippen molar-refractivity contribution in [3.63, 3.8) is 0 Å². The molecule has 1 aromatic rings. The average molecular weight is 335 g/mol. The Morgan fingerprint density at radius 2 is 1.91 bits per heavy atom. The Kier molecular flexibility index (Phi) is 6.47. The lowest BCUT2D eigenvalue weighted by Gasteiger charge is -2.31. The van der Waals surface area contributed by atoms with E-state index in [1.165, 1.54) is 11.8 Å². The molecule has 1 unspecified atom stereocenters. The van der Waals surface area contributed by atoms with E-state index >= 15 is 0 Å². The normalized spacial score (nSPS) is 16.9. The summed E-state index contributed by atoms with van der Waals surface area (Å²) in [7, 11) is 0. The Morgan fingerprint density at radius 3 is 2.52 bits per heavy atom. The Hall–Kier alpha value is -1.53. The summed E-state index contributed by atoms with van der Waals surface area (Å²) in [6.07, 6.45) is 1.72. The number of rotatable bonds is 5. The van der Waals surface area contributed by atoms with Crippen LogP contribution in [0.25, 0.3) is 0 Å². The summed E-state index contributed by atoms with van der Waals surface area (Å²) >= 11 is 1.37. The first-order valence-electron chi connectivity index (χ1n) is 7.98. The molecule has 6 heteroatoms. The quantitative estimate of drug-likeness (QED) is 0.863. The third-order valence-electron chi connectivity index (χ3n) is 4.00. The monoisotopic (exact) mass is 335 g/mol. The molecule has 1 saturated heterocycles. The van der Waals surface area contributed by atoms with Gasteiger partial charge in [-0.2, -0.15) is 0 Å². The largest absolute Gasteiger partial charge is 0.342 e. The van der Waals surface area contributed by atoms with Gasteiger partial charge in [0.2, 0.25) is 11.8 Å². The van der Waals surface area contributed by atoms with E-state index in [1.54, 1.807) is 0 Å². The summed E-state index contributed by atoms with van der Waals surface area (Å²) in [5.41, 5.74) is 7.79. The SMILES string of the molecule is Cc1ccc(NC(=O)CSC(C)C(=O)N2CCC(N)CC2)cc1. The maximum Gasteiger partial charge on any atom is 0.235 e. The number of nitrogens with one attached hydrogen (secondary N) is 1. The van der Waals surface area contributed by atoms with Crippen molar-refractivity contribution < 1.29 is 9.59 Å². The molecule has 5 nitrogen and oxygen atoms in total. The van der Waals surface area contributed by atoms with Crippen molar-refractivity contribution in [1.82, 2.24) is 4.90 Å². The Bertz CT molecular complexity index is 539. The van der Waals surface area contributed by atoms with Gasteiger partial charge in [0, 0.05) is 24.8 Å². The zero-order chi connectivity index (χ0) is 16.8. The molecule has 23 heavy (non-hydrogen) atoms. The maximum absolute atomic E-state index is 12.3. The van der Waals surface area contributed by atoms with Crippen molar-refractivity contribution in [2.45, 2.75) is 38.0 Å². The van der Waals surface area contributed by atoms with Gasteiger partial charge in [0.25, 0.3) is 0 Å². The highest BCUT2D eigenvalue weighted by Crippen LogP contribution is 2.17. The van der Waals surface area contributed by atoms with E-state index in [2.05, 4.69) is 5.32 Å². The van der Waals surface area contributed by atoms with Gasteiger partial charge in [0.1, 0.15) is 0 Å². The highest BCUT2D eigenvalue weighted by Gasteiger charge is 2.25. The van der Waals surface area contributed by atoms with E-state index in [1.807, 2.05) is 43.0 Å². The Labute approximate surface area is 142 Å². The third kappa shape index (κ3) is 5.55. The summed E-state index contributed by atoms with van der Waals surface area (Å²) in [6, 6.07) is 7.88. The molecule has 0 spiro atoms. The smallest absolute Gasteiger partial charge is 0.235 e. The number of nitrogens with zero attached hydrogens (tertiary/aromatic N) is 1. The second-order valence-corrected chi connectivity index (χ2v) is 7.36. The topological polar surface area (TPSA) is 75.4 Å². The van der Waals surface area contributed by atoms with Crippen molar-refractivity contribution in [2.24, 2.45) is 5.73 Å². The molecule has 1 aliphatic heterocycles. The van der Waals surface area contributed by atoms with Gasteiger partial charge < -0.3 is 16.0 Å². The zero-order valence-electron chi connectivity index (χ0n) is 13.7. The number of nitrogens with two attached hydrogens (primary N) is 1. The molecular formula is C17H25N3O2S. The summed E-state index contributed by atoms with van der Waals surface area (Å²) in [5.74, 6) is 0.290. The minimum atomic E-state index is -0.215. The predicted octanol–water partition coefficient (Wildman–Crippen LogP) is 2.00. The van der Waals surface area contributed by atoms with E-state index in [0.29, 0.717) is 0 Å². The van der Waals surface area contributed by atoms with Crippen molar-refractivity contribution in [3.8, 4) is 0 Å². The third-order valence-corrected chi connectivity index (χ3v) is 5.13. The first-order valence-corrected chi connectivity index (χ1v) is 9.03. The first-order chi connectivity index (χ1) is 11.0. The second kappa shape index (κ2) is 8.36.